The maximum absolute atomic E-state index is 13.9. The summed E-state index contributed by atoms with van der Waals surface area (Å²) in [6.07, 6.45) is 0. The fourth-order valence-corrected chi connectivity index (χ4v) is 2.07. The minimum absolute atomic E-state index is 0.0327. The average Bonchev–Trinajstić information content (AvgIpc) is 2.43. The average molecular weight is 280 g/mol. The van der Waals surface area contributed by atoms with Crippen molar-refractivity contribution in [2.45, 2.75) is 19.9 Å². The zero-order valence-corrected chi connectivity index (χ0v) is 11.2. The zero-order chi connectivity index (χ0) is 14.9. The van der Waals surface area contributed by atoms with Crippen molar-refractivity contribution >= 4 is 0 Å². The molecule has 0 bridgehead atoms. The molecular weight excluding hydrogens is 265 g/mol. The summed E-state index contributed by atoms with van der Waals surface area (Å²) in [6, 6.07) is 6.80. The molecule has 3 N–H and O–H groups in total. The first-order valence-electron chi connectivity index (χ1n) is 6.12. The second-order valence-corrected chi connectivity index (χ2v) is 4.71. The normalized spacial score (nSPS) is 12.5. The number of rotatable bonds is 3. The maximum Gasteiger partial charge on any atom is 0.194 e. The molecule has 0 aliphatic heterocycles. The van der Waals surface area contributed by atoms with Crippen molar-refractivity contribution in [3.8, 4) is 0 Å². The molecule has 0 aromatic heterocycles. The van der Waals surface area contributed by atoms with Crippen molar-refractivity contribution in [1.29, 1.82) is 0 Å². The third-order valence-electron chi connectivity index (χ3n) is 3.41. The van der Waals surface area contributed by atoms with E-state index in [0.29, 0.717) is 5.56 Å². The van der Waals surface area contributed by atoms with Crippen LogP contribution in [0.15, 0.2) is 30.3 Å². The van der Waals surface area contributed by atoms with Crippen molar-refractivity contribution in [2.24, 2.45) is 5.84 Å². The number of hydrogen-bond acceptors (Lipinski definition) is 2. The number of hydrogen-bond donors (Lipinski definition) is 2. The van der Waals surface area contributed by atoms with Gasteiger partial charge in [-0.3, -0.25) is 5.84 Å². The van der Waals surface area contributed by atoms with Gasteiger partial charge in [0.25, 0.3) is 0 Å². The Morgan fingerprint density at radius 1 is 0.950 bits per heavy atom. The minimum Gasteiger partial charge on any atom is -0.271 e. The van der Waals surface area contributed by atoms with E-state index < -0.39 is 23.5 Å². The lowest BCUT2D eigenvalue weighted by atomic mass is 9.95. The van der Waals surface area contributed by atoms with Gasteiger partial charge in [-0.05, 0) is 36.6 Å². The molecule has 0 aliphatic rings. The Morgan fingerprint density at radius 3 is 2.25 bits per heavy atom. The standard InChI is InChI=1S/C15H15F3N2/c1-8-3-4-10(7-9(8)2)15(20-19)11-5-6-12(16)14(18)13(11)17/h3-7,15,20H,19H2,1-2H3. The molecule has 0 heterocycles. The first-order valence-corrected chi connectivity index (χ1v) is 6.12. The van der Waals surface area contributed by atoms with Crippen LogP contribution in [0.3, 0.4) is 0 Å². The van der Waals surface area contributed by atoms with Crippen LogP contribution in [0, 0.1) is 31.3 Å². The van der Waals surface area contributed by atoms with E-state index in [1.165, 1.54) is 6.07 Å². The molecule has 2 aromatic rings. The van der Waals surface area contributed by atoms with Crippen LogP contribution >= 0.6 is 0 Å². The van der Waals surface area contributed by atoms with Gasteiger partial charge in [-0.25, -0.2) is 18.6 Å². The Balaban J connectivity index is 2.52. The lowest BCUT2D eigenvalue weighted by Crippen LogP contribution is -2.30. The SMILES string of the molecule is Cc1ccc(C(NN)c2ccc(F)c(F)c2F)cc1C. The summed E-state index contributed by atoms with van der Waals surface area (Å²) in [5.74, 6) is 1.50. The van der Waals surface area contributed by atoms with Gasteiger partial charge >= 0.3 is 0 Å². The minimum atomic E-state index is -1.49. The molecule has 0 radical (unpaired) electrons. The molecular formula is C15H15F3N2. The second-order valence-electron chi connectivity index (χ2n) is 4.71. The Hall–Kier alpha value is -1.85. The van der Waals surface area contributed by atoms with Gasteiger partial charge < -0.3 is 0 Å². The first-order chi connectivity index (χ1) is 9.45. The van der Waals surface area contributed by atoms with E-state index in [1.807, 2.05) is 26.0 Å². The molecule has 2 nitrogen and oxygen atoms in total. The van der Waals surface area contributed by atoms with E-state index in [2.05, 4.69) is 5.43 Å². The summed E-state index contributed by atoms with van der Waals surface area (Å²) in [5, 5.41) is 0. The summed E-state index contributed by atoms with van der Waals surface area (Å²) in [4.78, 5) is 0. The topological polar surface area (TPSA) is 38.0 Å². The molecule has 1 atom stereocenters. The molecule has 0 spiro atoms. The summed E-state index contributed by atoms with van der Waals surface area (Å²) in [7, 11) is 0. The van der Waals surface area contributed by atoms with Crippen LogP contribution in [0.25, 0.3) is 0 Å². The number of halogens is 3. The summed E-state index contributed by atoms with van der Waals surface area (Å²) in [6.45, 7) is 3.86. The molecule has 0 saturated heterocycles. The van der Waals surface area contributed by atoms with Gasteiger partial charge in [0.15, 0.2) is 17.5 Å². The van der Waals surface area contributed by atoms with Gasteiger partial charge in [-0.1, -0.05) is 24.3 Å². The molecule has 106 valence electrons. The Morgan fingerprint density at radius 2 is 1.65 bits per heavy atom. The van der Waals surface area contributed by atoms with E-state index in [-0.39, 0.29) is 5.56 Å². The molecule has 0 aliphatic carbocycles. The molecule has 0 amide bonds. The van der Waals surface area contributed by atoms with Crippen LogP contribution in [0.2, 0.25) is 0 Å². The number of aryl methyl sites for hydroxylation is 2. The third-order valence-corrected chi connectivity index (χ3v) is 3.41. The fraction of sp³-hybridized carbons (Fsp3) is 0.200. The van der Waals surface area contributed by atoms with Gasteiger partial charge in [-0.15, -0.1) is 0 Å². The molecule has 2 rings (SSSR count). The highest BCUT2D eigenvalue weighted by Gasteiger charge is 2.21. The number of hydrazine groups is 1. The molecule has 20 heavy (non-hydrogen) atoms. The number of nitrogens with two attached hydrogens (primary N) is 1. The van der Waals surface area contributed by atoms with Crippen molar-refractivity contribution in [2.75, 3.05) is 0 Å². The second kappa shape index (κ2) is 5.64. The van der Waals surface area contributed by atoms with Crippen molar-refractivity contribution in [1.82, 2.24) is 5.43 Å². The molecule has 0 fully saturated rings. The third kappa shape index (κ3) is 2.55. The summed E-state index contributed by atoms with van der Waals surface area (Å²) >= 11 is 0. The van der Waals surface area contributed by atoms with Crippen LogP contribution in [-0.4, -0.2) is 0 Å². The van der Waals surface area contributed by atoms with Crippen LogP contribution < -0.4 is 11.3 Å². The fourth-order valence-electron chi connectivity index (χ4n) is 2.07. The zero-order valence-electron chi connectivity index (χ0n) is 11.2. The Bertz CT molecular complexity index is 641. The highest BCUT2D eigenvalue weighted by Crippen LogP contribution is 2.27. The van der Waals surface area contributed by atoms with E-state index in [1.54, 1.807) is 6.07 Å². The van der Waals surface area contributed by atoms with E-state index in [0.717, 1.165) is 17.2 Å². The van der Waals surface area contributed by atoms with Crippen LogP contribution in [0.4, 0.5) is 13.2 Å². The smallest absolute Gasteiger partial charge is 0.194 e. The van der Waals surface area contributed by atoms with Crippen molar-refractivity contribution < 1.29 is 13.2 Å². The van der Waals surface area contributed by atoms with E-state index in [4.69, 9.17) is 5.84 Å². The van der Waals surface area contributed by atoms with Gasteiger partial charge in [0, 0.05) is 5.56 Å². The number of nitrogens with one attached hydrogen (secondary N) is 1. The molecule has 1 unspecified atom stereocenters. The predicted molar refractivity (Wildman–Crippen MR) is 71.4 cm³/mol. The van der Waals surface area contributed by atoms with Gasteiger partial charge in [0.1, 0.15) is 0 Å². The van der Waals surface area contributed by atoms with Gasteiger partial charge in [0.05, 0.1) is 6.04 Å². The van der Waals surface area contributed by atoms with Gasteiger partial charge in [0.2, 0.25) is 0 Å². The Kier molecular flexibility index (Phi) is 4.11. The van der Waals surface area contributed by atoms with Crippen molar-refractivity contribution in [3.63, 3.8) is 0 Å². The highest BCUT2D eigenvalue weighted by atomic mass is 19.2. The van der Waals surface area contributed by atoms with E-state index in [9.17, 15) is 13.2 Å². The first kappa shape index (κ1) is 14.6. The molecule has 0 saturated carbocycles. The largest absolute Gasteiger partial charge is 0.271 e. The lowest BCUT2D eigenvalue weighted by Gasteiger charge is -2.19. The predicted octanol–water partition coefficient (Wildman–Crippen LogP) is 3.27. The summed E-state index contributed by atoms with van der Waals surface area (Å²) < 4.78 is 40.2. The van der Waals surface area contributed by atoms with E-state index >= 15 is 0 Å². The maximum atomic E-state index is 13.9. The highest BCUT2D eigenvalue weighted by molar-refractivity contribution is 5.38. The molecule has 2 aromatic carbocycles. The van der Waals surface area contributed by atoms with Crippen LogP contribution in [0.1, 0.15) is 28.3 Å². The van der Waals surface area contributed by atoms with Gasteiger partial charge in [-0.2, -0.15) is 0 Å². The number of benzene rings is 2. The van der Waals surface area contributed by atoms with Crippen LogP contribution in [0.5, 0.6) is 0 Å². The molecule has 5 heteroatoms. The lowest BCUT2D eigenvalue weighted by molar-refractivity contribution is 0.433. The van der Waals surface area contributed by atoms with Crippen molar-refractivity contribution in [3.05, 3.63) is 70.0 Å². The van der Waals surface area contributed by atoms with Crippen LogP contribution in [-0.2, 0) is 0 Å². The summed E-state index contributed by atoms with van der Waals surface area (Å²) in [5.41, 5.74) is 5.17. The Labute approximate surface area is 115 Å². The quantitative estimate of drug-likeness (QED) is 0.514. The monoisotopic (exact) mass is 280 g/mol.